The van der Waals surface area contributed by atoms with Crippen LogP contribution in [0.4, 0.5) is 5.69 Å². The van der Waals surface area contributed by atoms with Crippen molar-refractivity contribution >= 4 is 17.3 Å². The van der Waals surface area contributed by atoms with E-state index in [9.17, 15) is 4.79 Å². The topological polar surface area (TPSA) is 59.7 Å². The Balaban J connectivity index is 1.45. The van der Waals surface area contributed by atoms with Gasteiger partial charge >= 0.3 is 0 Å². The highest BCUT2D eigenvalue weighted by molar-refractivity contribution is 5.92. The molecule has 33 heavy (non-hydrogen) atoms. The molecule has 2 aliphatic heterocycles. The van der Waals surface area contributed by atoms with Crippen LogP contribution in [0, 0.1) is 0 Å². The molecule has 1 amide bonds. The van der Waals surface area contributed by atoms with Gasteiger partial charge in [-0.05, 0) is 80.5 Å². The maximum Gasteiger partial charge on any atom is 0.272 e. The number of nitrogens with zero attached hydrogens (tertiary/aromatic N) is 4. The summed E-state index contributed by atoms with van der Waals surface area (Å²) in [7, 11) is 0. The predicted octanol–water partition coefficient (Wildman–Crippen LogP) is 5.42. The van der Waals surface area contributed by atoms with Crippen LogP contribution in [-0.4, -0.2) is 39.5 Å². The zero-order chi connectivity index (χ0) is 22.8. The summed E-state index contributed by atoms with van der Waals surface area (Å²) in [6.45, 7) is 6.32. The standard InChI is InChI=1S/C27H30N4O2/c1-3-31-25(12-13-28-31)27(32)30-14-15-33-26-11-10-21(16-23(26)18-30)22-9-8-20-7-5-4-6-19(2)29-24(20)17-22/h8-13,16-17H,3-7,14-15,18H2,1-2H3. The molecule has 0 saturated heterocycles. The molecule has 0 N–H and O–H groups in total. The second-order valence-corrected chi connectivity index (χ2v) is 8.83. The van der Waals surface area contributed by atoms with E-state index in [-0.39, 0.29) is 5.91 Å². The van der Waals surface area contributed by atoms with E-state index in [4.69, 9.17) is 9.73 Å². The van der Waals surface area contributed by atoms with Crippen LogP contribution in [0.15, 0.2) is 53.7 Å². The van der Waals surface area contributed by atoms with Crippen molar-refractivity contribution in [2.75, 3.05) is 13.2 Å². The number of fused-ring (bicyclic) bond motifs is 2. The molecule has 6 nitrogen and oxygen atoms in total. The predicted molar refractivity (Wildman–Crippen MR) is 130 cm³/mol. The van der Waals surface area contributed by atoms with Gasteiger partial charge in [0.05, 0.1) is 12.2 Å². The number of aliphatic imine (C=N–C) groups is 1. The van der Waals surface area contributed by atoms with Crippen molar-refractivity contribution in [1.29, 1.82) is 0 Å². The molecule has 170 valence electrons. The highest BCUT2D eigenvalue weighted by Gasteiger charge is 2.24. The van der Waals surface area contributed by atoms with E-state index in [1.807, 2.05) is 17.9 Å². The maximum atomic E-state index is 13.2. The van der Waals surface area contributed by atoms with Gasteiger partial charge in [0, 0.05) is 30.6 Å². The molecule has 0 fully saturated rings. The van der Waals surface area contributed by atoms with Crippen molar-refractivity contribution in [3.05, 3.63) is 65.5 Å². The first-order valence-corrected chi connectivity index (χ1v) is 11.9. The lowest BCUT2D eigenvalue weighted by atomic mass is 9.96. The Bertz CT molecular complexity index is 1210. The maximum absolute atomic E-state index is 13.2. The van der Waals surface area contributed by atoms with Crippen molar-refractivity contribution in [2.45, 2.75) is 52.6 Å². The third kappa shape index (κ3) is 4.42. The molecule has 3 heterocycles. The monoisotopic (exact) mass is 442 g/mol. The van der Waals surface area contributed by atoms with Crippen molar-refractivity contribution in [3.63, 3.8) is 0 Å². The molecule has 0 atom stereocenters. The van der Waals surface area contributed by atoms with Crippen LogP contribution in [0.25, 0.3) is 11.1 Å². The molecule has 0 bridgehead atoms. The third-order valence-electron chi connectivity index (χ3n) is 6.53. The van der Waals surface area contributed by atoms with Crippen LogP contribution < -0.4 is 4.74 Å². The average molecular weight is 443 g/mol. The van der Waals surface area contributed by atoms with E-state index >= 15 is 0 Å². The summed E-state index contributed by atoms with van der Waals surface area (Å²) in [6.07, 6.45) is 6.24. The Morgan fingerprint density at radius 3 is 2.73 bits per heavy atom. The first kappa shape index (κ1) is 21.4. The van der Waals surface area contributed by atoms with Gasteiger partial charge in [-0.3, -0.25) is 14.5 Å². The minimum Gasteiger partial charge on any atom is -0.491 e. The zero-order valence-corrected chi connectivity index (χ0v) is 19.4. The molecule has 3 aromatic rings. The fourth-order valence-electron chi connectivity index (χ4n) is 4.69. The molecule has 1 aromatic heterocycles. The Hall–Kier alpha value is -3.41. The van der Waals surface area contributed by atoms with Gasteiger partial charge in [-0.15, -0.1) is 0 Å². The highest BCUT2D eigenvalue weighted by atomic mass is 16.5. The van der Waals surface area contributed by atoms with Crippen molar-refractivity contribution in [3.8, 4) is 16.9 Å². The van der Waals surface area contributed by atoms with E-state index in [0.717, 1.165) is 41.0 Å². The summed E-state index contributed by atoms with van der Waals surface area (Å²) >= 11 is 0. The van der Waals surface area contributed by atoms with Gasteiger partial charge in [0.25, 0.3) is 5.91 Å². The van der Waals surface area contributed by atoms with Crippen molar-refractivity contribution in [2.24, 2.45) is 4.99 Å². The quantitative estimate of drug-likeness (QED) is 0.544. The van der Waals surface area contributed by atoms with Gasteiger partial charge in [0.2, 0.25) is 0 Å². The van der Waals surface area contributed by atoms with E-state index in [1.54, 1.807) is 16.9 Å². The first-order valence-electron chi connectivity index (χ1n) is 11.9. The number of hydrogen-bond donors (Lipinski definition) is 0. The Labute approximate surface area is 194 Å². The number of hydrogen-bond acceptors (Lipinski definition) is 4. The molecule has 0 saturated carbocycles. The number of aryl methyl sites for hydroxylation is 2. The molecule has 2 aliphatic rings. The zero-order valence-electron chi connectivity index (χ0n) is 19.4. The van der Waals surface area contributed by atoms with Crippen LogP contribution in [0.3, 0.4) is 0 Å². The number of benzene rings is 2. The fourth-order valence-corrected chi connectivity index (χ4v) is 4.69. The largest absolute Gasteiger partial charge is 0.491 e. The number of carbonyl (C=O) groups is 1. The smallest absolute Gasteiger partial charge is 0.272 e. The van der Waals surface area contributed by atoms with Gasteiger partial charge in [-0.2, -0.15) is 5.10 Å². The van der Waals surface area contributed by atoms with Gasteiger partial charge in [0.15, 0.2) is 0 Å². The van der Waals surface area contributed by atoms with Gasteiger partial charge in [-0.1, -0.05) is 18.2 Å². The lowest BCUT2D eigenvalue weighted by molar-refractivity contribution is 0.0720. The number of carbonyl (C=O) groups excluding carboxylic acids is 1. The summed E-state index contributed by atoms with van der Waals surface area (Å²) < 4.78 is 7.73. The average Bonchev–Trinajstić information content (AvgIpc) is 3.19. The number of rotatable bonds is 3. The highest BCUT2D eigenvalue weighted by Crippen LogP contribution is 2.34. The number of amides is 1. The Morgan fingerprint density at radius 2 is 1.85 bits per heavy atom. The van der Waals surface area contributed by atoms with Crippen LogP contribution in [0.2, 0.25) is 0 Å². The minimum atomic E-state index is -0.0119. The van der Waals surface area contributed by atoms with Crippen molar-refractivity contribution < 1.29 is 9.53 Å². The molecule has 0 spiro atoms. The third-order valence-corrected chi connectivity index (χ3v) is 6.53. The normalized spacial score (nSPS) is 15.9. The Kier molecular flexibility index (Phi) is 5.99. The Morgan fingerprint density at radius 1 is 1.03 bits per heavy atom. The van der Waals surface area contributed by atoms with Crippen LogP contribution >= 0.6 is 0 Å². The van der Waals surface area contributed by atoms with Gasteiger partial charge in [-0.25, -0.2) is 0 Å². The summed E-state index contributed by atoms with van der Waals surface area (Å²) in [6, 6.07) is 14.7. The van der Waals surface area contributed by atoms with E-state index < -0.39 is 0 Å². The summed E-state index contributed by atoms with van der Waals surface area (Å²) in [5.74, 6) is 0.834. The second kappa shape index (κ2) is 9.22. The van der Waals surface area contributed by atoms with E-state index in [0.29, 0.717) is 31.9 Å². The first-order chi connectivity index (χ1) is 16.1. The molecule has 0 unspecified atom stereocenters. The van der Waals surface area contributed by atoms with E-state index in [1.165, 1.54) is 24.1 Å². The number of ether oxygens (including phenoxy) is 1. The number of aromatic nitrogens is 2. The summed E-state index contributed by atoms with van der Waals surface area (Å²) in [5.41, 5.74) is 7.49. The van der Waals surface area contributed by atoms with Crippen LogP contribution in [0.5, 0.6) is 5.75 Å². The summed E-state index contributed by atoms with van der Waals surface area (Å²) in [5, 5.41) is 4.25. The van der Waals surface area contributed by atoms with Crippen molar-refractivity contribution in [1.82, 2.24) is 14.7 Å². The summed E-state index contributed by atoms with van der Waals surface area (Å²) in [4.78, 5) is 20.0. The lowest BCUT2D eigenvalue weighted by Gasteiger charge is -2.20. The van der Waals surface area contributed by atoms with Gasteiger partial charge < -0.3 is 9.64 Å². The van der Waals surface area contributed by atoms with Gasteiger partial charge in [0.1, 0.15) is 18.1 Å². The van der Waals surface area contributed by atoms with E-state index in [2.05, 4.69) is 42.4 Å². The molecular weight excluding hydrogens is 412 g/mol. The SMILES string of the molecule is CCn1nccc1C(=O)N1CCOc2ccc(-c3ccc4c(c3)N=C(C)CCCC4)cc2C1. The molecule has 5 rings (SSSR count). The lowest BCUT2D eigenvalue weighted by Crippen LogP contribution is -2.34. The molecule has 6 heteroatoms. The van der Waals surface area contributed by atoms with Crippen LogP contribution in [-0.2, 0) is 19.5 Å². The molecule has 0 radical (unpaired) electrons. The second-order valence-electron chi connectivity index (χ2n) is 8.83. The molecular formula is C27H30N4O2. The van der Waals surface area contributed by atoms with Crippen LogP contribution in [0.1, 0.15) is 54.7 Å². The molecule has 0 aliphatic carbocycles. The fraction of sp³-hybridized carbons (Fsp3) is 0.370. The minimum absolute atomic E-state index is 0.0119. The molecule has 2 aromatic carbocycles.